The molecule has 6 heteroatoms. The van der Waals surface area contributed by atoms with E-state index in [9.17, 15) is 9.59 Å². The molecule has 0 aliphatic heterocycles. The normalized spacial score (nSPS) is 21.4. The Balaban J connectivity index is 2.21. The van der Waals surface area contributed by atoms with Crippen LogP contribution in [-0.4, -0.2) is 16.1 Å². The second kappa shape index (κ2) is 5.50. The number of H-pyrrole nitrogens is 1. The summed E-state index contributed by atoms with van der Waals surface area (Å²) in [6.45, 7) is 5.50. The van der Waals surface area contributed by atoms with Gasteiger partial charge in [-0.1, -0.05) is 20.3 Å². The van der Waals surface area contributed by atoms with Crippen molar-refractivity contribution in [2.45, 2.75) is 39.7 Å². The van der Waals surface area contributed by atoms with Crippen molar-refractivity contribution in [3.63, 3.8) is 0 Å². The van der Waals surface area contributed by atoms with Crippen molar-refractivity contribution in [1.82, 2.24) is 9.55 Å². The summed E-state index contributed by atoms with van der Waals surface area (Å²) in [5.41, 5.74) is 5.42. The first kappa shape index (κ1) is 13.7. The van der Waals surface area contributed by atoms with Crippen molar-refractivity contribution in [3.8, 4) is 0 Å². The van der Waals surface area contributed by atoms with Crippen molar-refractivity contribution < 1.29 is 0 Å². The Morgan fingerprint density at radius 2 is 2.16 bits per heavy atom. The van der Waals surface area contributed by atoms with Crippen LogP contribution < -0.4 is 22.3 Å². The highest BCUT2D eigenvalue weighted by molar-refractivity contribution is 5.60. The lowest BCUT2D eigenvalue weighted by Crippen LogP contribution is -2.34. The van der Waals surface area contributed by atoms with Gasteiger partial charge in [0.2, 0.25) is 0 Å². The fraction of sp³-hybridized carbons (Fsp3) is 0.692. The van der Waals surface area contributed by atoms with E-state index in [-0.39, 0.29) is 5.82 Å². The fourth-order valence-corrected chi connectivity index (χ4v) is 2.21. The van der Waals surface area contributed by atoms with Crippen LogP contribution in [-0.2, 0) is 6.54 Å². The summed E-state index contributed by atoms with van der Waals surface area (Å²) in [5, 5.41) is 3.09. The summed E-state index contributed by atoms with van der Waals surface area (Å²) in [6.07, 6.45) is 3.00. The van der Waals surface area contributed by atoms with Gasteiger partial charge in [-0.05, 0) is 24.7 Å². The van der Waals surface area contributed by atoms with Crippen LogP contribution in [0, 0.1) is 11.8 Å². The number of nitrogen functional groups attached to an aromatic ring is 1. The molecule has 0 aromatic carbocycles. The quantitative estimate of drug-likeness (QED) is 0.715. The van der Waals surface area contributed by atoms with Gasteiger partial charge in [0.05, 0.1) is 0 Å². The summed E-state index contributed by atoms with van der Waals surface area (Å²) in [6, 6.07) is 0. The van der Waals surface area contributed by atoms with Gasteiger partial charge in [-0.3, -0.25) is 14.3 Å². The van der Waals surface area contributed by atoms with Crippen molar-refractivity contribution >= 4 is 11.5 Å². The molecule has 1 aliphatic carbocycles. The van der Waals surface area contributed by atoms with Gasteiger partial charge in [-0.25, -0.2) is 4.79 Å². The van der Waals surface area contributed by atoms with Crippen molar-refractivity contribution in [1.29, 1.82) is 0 Å². The Kier molecular flexibility index (Phi) is 3.97. The molecule has 2 atom stereocenters. The largest absolute Gasteiger partial charge is 0.383 e. The van der Waals surface area contributed by atoms with E-state index < -0.39 is 11.2 Å². The number of unbranched alkanes of at least 4 members (excludes halogenated alkanes) is 1. The first-order chi connectivity index (χ1) is 9.04. The molecule has 0 spiro atoms. The lowest BCUT2D eigenvalue weighted by Gasteiger charge is -2.13. The summed E-state index contributed by atoms with van der Waals surface area (Å²) in [5.74, 6) is 1.56. The Bertz CT molecular complexity index is 561. The number of rotatable bonds is 6. The molecular weight excluding hydrogens is 244 g/mol. The lowest BCUT2D eigenvalue weighted by atomic mass is 10.3. The predicted molar refractivity (Wildman–Crippen MR) is 76.4 cm³/mol. The van der Waals surface area contributed by atoms with Crippen LogP contribution in [0.25, 0.3) is 0 Å². The average Bonchev–Trinajstić information content (AvgIpc) is 3.04. The molecule has 106 valence electrons. The minimum absolute atomic E-state index is 0.246. The molecule has 0 bridgehead atoms. The van der Waals surface area contributed by atoms with Crippen LogP contribution in [0.15, 0.2) is 9.59 Å². The van der Waals surface area contributed by atoms with E-state index in [0.717, 1.165) is 19.4 Å². The van der Waals surface area contributed by atoms with Gasteiger partial charge < -0.3 is 11.1 Å². The zero-order valence-electron chi connectivity index (χ0n) is 11.5. The summed E-state index contributed by atoms with van der Waals surface area (Å²) in [4.78, 5) is 25.8. The molecule has 2 rings (SSSR count). The fourth-order valence-electron chi connectivity index (χ4n) is 2.21. The molecule has 4 N–H and O–H groups in total. The number of aromatic nitrogens is 2. The van der Waals surface area contributed by atoms with E-state index in [2.05, 4.69) is 17.2 Å². The maximum atomic E-state index is 11.8. The molecular formula is C13H22N4O2. The second-order valence-corrected chi connectivity index (χ2v) is 5.38. The first-order valence-electron chi connectivity index (χ1n) is 6.91. The van der Waals surface area contributed by atoms with Crippen molar-refractivity contribution in [3.05, 3.63) is 20.8 Å². The monoisotopic (exact) mass is 266 g/mol. The molecule has 1 fully saturated rings. The molecule has 0 saturated heterocycles. The number of anilines is 2. The first-order valence-corrected chi connectivity index (χ1v) is 6.91. The molecule has 1 saturated carbocycles. The van der Waals surface area contributed by atoms with Crippen molar-refractivity contribution in [2.75, 3.05) is 17.6 Å². The molecule has 2 unspecified atom stereocenters. The second-order valence-electron chi connectivity index (χ2n) is 5.38. The minimum Gasteiger partial charge on any atom is -0.383 e. The lowest BCUT2D eigenvalue weighted by molar-refractivity contribution is 0.605. The van der Waals surface area contributed by atoms with Gasteiger partial charge in [0.1, 0.15) is 11.5 Å². The van der Waals surface area contributed by atoms with Gasteiger partial charge in [-0.15, -0.1) is 0 Å². The third-order valence-corrected chi connectivity index (χ3v) is 3.79. The van der Waals surface area contributed by atoms with Crippen LogP contribution in [0.2, 0.25) is 0 Å². The number of nitrogens with zero attached hydrogens (tertiary/aromatic N) is 1. The maximum Gasteiger partial charge on any atom is 0.330 e. The number of nitrogens with two attached hydrogens (primary N) is 1. The maximum absolute atomic E-state index is 11.8. The van der Waals surface area contributed by atoms with E-state index in [0.29, 0.717) is 24.1 Å². The summed E-state index contributed by atoms with van der Waals surface area (Å²) < 4.78 is 1.43. The topological polar surface area (TPSA) is 92.9 Å². The third-order valence-electron chi connectivity index (χ3n) is 3.79. The van der Waals surface area contributed by atoms with Gasteiger partial charge in [0.15, 0.2) is 0 Å². The van der Waals surface area contributed by atoms with Crippen LogP contribution >= 0.6 is 0 Å². The van der Waals surface area contributed by atoms with E-state index >= 15 is 0 Å². The molecule has 0 radical (unpaired) electrons. The van der Waals surface area contributed by atoms with E-state index in [1.807, 2.05) is 6.92 Å². The standard InChI is InChI=1S/C13H22N4O2/c1-3-4-5-17-11(14)10(12(18)16-13(17)19)15-7-9-6-8(9)2/h8-9,15H,3-7,14H2,1-2H3,(H,16,18,19). The molecule has 19 heavy (non-hydrogen) atoms. The van der Waals surface area contributed by atoms with E-state index in [4.69, 9.17) is 5.73 Å². The van der Waals surface area contributed by atoms with Gasteiger partial charge >= 0.3 is 5.69 Å². The average molecular weight is 266 g/mol. The van der Waals surface area contributed by atoms with Crippen LogP contribution in [0.3, 0.4) is 0 Å². The molecule has 0 amide bonds. The highest BCUT2D eigenvalue weighted by Gasteiger charge is 2.32. The SMILES string of the molecule is CCCCn1c(N)c(NCC2CC2C)c(=O)[nH]c1=O. The zero-order chi connectivity index (χ0) is 14.0. The van der Waals surface area contributed by atoms with E-state index in [1.165, 1.54) is 11.0 Å². The molecule has 1 aromatic rings. The Hall–Kier alpha value is -1.72. The van der Waals surface area contributed by atoms with Crippen LogP contribution in [0.4, 0.5) is 11.5 Å². The summed E-state index contributed by atoms with van der Waals surface area (Å²) >= 11 is 0. The number of aromatic amines is 1. The highest BCUT2D eigenvalue weighted by Crippen LogP contribution is 2.37. The number of hydrogen-bond acceptors (Lipinski definition) is 4. The van der Waals surface area contributed by atoms with Gasteiger partial charge in [0.25, 0.3) is 5.56 Å². The Labute approximate surface area is 112 Å². The number of nitrogens with one attached hydrogen (secondary N) is 2. The van der Waals surface area contributed by atoms with Crippen LogP contribution in [0.5, 0.6) is 0 Å². The molecule has 1 aromatic heterocycles. The smallest absolute Gasteiger partial charge is 0.330 e. The predicted octanol–water partition coefficient (Wildman–Crippen LogP) is 0.987. The van der Waals surface area contributed by atoms with Crippen LogP contribution in [0.1, 0.15) is 33.1 Å². The van der Waals surface area contributed by atoms with Gasteiger partial charge in [-0.2, -0.15) is 0 Å². The van der Waals surface area contributed by atoms with Gasteiger partial charge in [0, 0.05) is 13.1 Å². The minimum atomic E-state index is -0.429. The molecule has 6 nitrogen and oxygen atoms in total. The zero-order valence-corrected chi connectivity index (χ0v) is 11.5. The number of hydrogen-bond donors (Lipinski definition) is 3. The Morgan fingerprint density at radius 1 is 1.47 bits per heavy atom. The Morgan fingerprint density at radius 3 is 2.74 bits per heavy atom. The van der Waals surface area contributed by atoms with E-state index in [1.54, 1.807) is 0 Å². The summed E-state index contributed by atoms with van der Waals surface area (Å²) in [7, 11) is 0. The third kappa shape index (κ3) is 3.00. The molecule has 1 aliphatic rings. The molecule has 1 heterocycles. The van der Waals surface area contributed by atoms with Crippen molar-refractivity contribution in [2.24, 2.45) is 11.8 Å². The highest BCUT2D eigenvalue weighted by atomic mass is 16.2.